The van der Waals surface area contributed by atoms with Crippen molar-refractivity contribution in [1.29, 1.82) is 0 Å². The summed E-state index contributed by atoms with van der Waals surface area (Å²) in [6.07, 6.45) is -2.90. The van der Waals surface area contributed by atoms with Gasteiger partial charge in [0.25, 0.3) is 0 Å². The molecule has 22 heavy (non-hydrogen) atoms. The number of benzene rings is 1. The number of aromatic nitrogens is 3. The molecule has 1 aromatic carbocycles. The summed E-state index contributed by atoms with van der Waals surface area (Å²) in [5.74, 6) is 0.640. The highest BCUT2D eigenvalue weighted by Gasteiger charge is 2.29. The summed E-state index contributed by atoms with van der Waals surface area (Å²) in [4.78, 5) is 0. The van der Waals surface area contributed by atoms with Crippen LogP contribution in [0.5, 0.6) is 0 Å². The fourth-order valence-corrected chi connectivity index (χ4v) is 1.95. The third-order valence-electron chi connectivity index (χ3n) is 2.88. The minimum absolute atomic E-state index is 0.273. The van der Waals surface area contributed by atoms with Crippen molar-refractivity contribution in [3.8, 4) is 0 Å². The molecule has 0 saturated heterocycles. The molecule has 4 nitrogen and oxygen atoms in total. The average Bonchev–Trinajstić information content (AvgIpc) is 2.77. The van der Waals surface area contributed by atoms with E-state index < -0.39 is 11.7 Å². The Morgan fingerprint density at radius 1 is 1.18 bits per heavy atom. The Morgan fingerprint density at radius 3 is 2.27 bits per heavy atom. The van der Waals surface area contributed by atoms with Crippen LogP contribution < -0.4 is 0 Å². The third-order valence-corrected chi connectivity index (χ3v) is 3.15. The number of halogens is 3. The second-order valence-electron chi connectivity index (χ2n) is 5.78. The molecule has 0 spiro atoms. The number of nitrogens with zero attached hydrogens (tertiary/aromatic N) is 3. The van der Waals surface area contributed by atoms with Crippen molar-refractivity contribution in [2.75, 3.05) is 0 Å². The van der Waals surface area contributed by atoms with Crippen LogP contribution in [0.1, 0.15) is 37.7 Å². The maximum Gasteiger partial charge on any atom is 0.416 e. The van der Waals surface area contributed by atoms with Gasteiger partial charge in [-0.1, -0.05) is 32.9 Å². The van der Waals surface area contributed by atoms with E-state index in [4.69, 9.17) is 12.2 Å². The van der Waals surface area contributed by atoms with Gasteiger partial charge in [-0.05, 0) is 29.9 Å². The smallest absolute Gasteiger partial charge is 0.250 e. The fourth-order valence-electron chi connectivity index (χ4n) is 1.77. The Hall–Kier alpha value is -1.96. The summed E-state index contributed by atoms with van der Waals surface area (Å²) in [5.41, 5.74) is -0.429. The Balaban J connectivity index is 2.30. The highest BCUT2D eigenvalue weighted by molar-refractivity contribution is 7.71. The Labute approximate surface area is 130 Å². The van der Waals surface area contributed by atoms with Crippen molar-refractivity contribution in [3.63, 3.8) is 0 Å². The van der Waals surface area contributed by atoms with Gasteiger partial charge in [-0.15, -0.1) is 0 Å². The zero-order valence-corrected chi connectivity index (χ0v) is 13.1. The van der Waals surface area contributed by atoms with Gasteiger partial charge in [0.05, 0.1) is 11.8 Å². The standard InChI is InChI=1S/C14H15F3N4S/c1-13(2,3)11-19-20-12(22)21(11)18-8-9-4-6-10(7-5-9)14(15,16)17/h4-8H,1-3H3,(H,20,22)/b18-8-. The summed E-state index contributed by atoms with van der Waals surface area (Å²) in [6, 6.07) is 4.74. The molecular formula is C14H15F3N4S. The lowest BCUT2D eigenvalue weighted by Crippen LogP contribution is -2.17. The molecule has 0 aliphatic heterocycles. The SMILES string of the molecule is CC(C)(C)c1n[nH]c(=S)n1/N=C\c1ccc(C(F)(F)F)cc1. The lowest BCUT2D eigenvalue weighted by atomic mass is 9.96. The van der Waals surface area contributed by atoms with E-state index in [1.165, 1.54) is 23.0 Å². The fraction of sp³-hybridized carbons (Fsp3) is 0.357. The van der Waals surface area contributed by atoms with Crippen molar-refractivity contribution >= 4 is 18.4 Å². The van der Waals surface area contributed by atoms with Crippen LogP contribution in [0.15, 0.2) is 29.4 Å². The lowest BCUT2D eigenvalue weighted by Gasteiger charge is -2.15. The largest absolute Gasteiger partial charge is 0.416 e. The molecule has 0 atom stereocenters. The molecule has 2 rings (SSSR count). The first-order valence-corrected chi connectivity index (χ1v) is 6.89. The van der Waals surface area contributed by atoms with Crippen molar-refractivity contribution in [1.82, 2.24) is 14.9 Å². The molecule has 1 heterocycles. The van der Waals surface area contributed by atoms with Gasteiger partial charge in [0, 0.05) is 5.41 Å². The third kappa shape index (κ3) is 3.62. The molecule has 0 aliphatic carbocycles. The van der Waals surface area contributed by atoms with Crippen LogP contribution in [0, 0.1) is 4.77 Å². The maximum absolute atomic E-state index is 12.5. The highest BCUT2D eigenvalue weighted by Crippen LogP contribution is 2.28. The monoisotopic (exact) mass is 328 g/mol. The average molecular weight is 328 g/mol. The molecule has 0 unspecified atom stereocenters. The Bertz CT molecular complexity index is 733. The van der Waals surface area contributed by atoms with Crippen molar-refractivity contribution in [2.45, 2.75) is 32.4 Å². The Morgan fingerprint density at radius 2 is 1.77 bits per heavy atom. The minimum atomic E-state index is -4.35. The lowest BCUT2D eigenvalue weighted by molar-refractivity contribution is -0.137. The molecule has 0 aliphatic rings. The minimum Gasteiger partial charge on any atom is -0.250 e. The van der Waals surface area contributed by atoms with E-state index in [-0.39, 0.29) is 5.41 Å². The molecule has 1 N–H and O–H groups in total. The quantitative estimate of drug-likeness (QED) is 0.665. The van der Waals surface area contributed by atoms with Crippen molar-refractivity contribution in [3.05, 3.63) is 46.0 Å². The number of alkyl halides is 3. The van der Waals surface area contributed by atoms with E-state index in [0.717, 1.165) is 12.1 Å². The van der Waals surface area contributed by atoms with Gasteiger partial charge >= 0.3 is 6.18 Å². The zero-order chi connectivity index (χ0) is 16.5. The normalized spacial score (nSPS) is 13.0. The van der Waals surface area contributed by atoms with Crippen LogP contribution in [-0.2, 0) is 11.6 Å². The van der Waals surface area contributed by atoms with Crippen LogP contribution in [0.25, 0.3) is 0 Å². The molecule has 0 amide bonds. The van der Waals surface area contributed by atoms with Crippen LogP contribution in [0.2, 0.25) is 0 Å². The predicted octanol–water partition coefficient (Wildman–Crippen LogP) is 4.14. The van der Waals surface area contributed by atoms with E-state index in [1.54, 1.807) is 0 Å². The van der Waals surface area contributed by atoms with Gasteiger partial charge in [-0.2, -0.15) is 28.0 Å². The number of hydrogen-bond acceptors (Lipinski definition) is 3. The van der Waals surface area contributed by atoms with E-state index >= 15 is 0 Å². The van der Waals surface area contributed by atoms with E-state index in [9.17, 15) is 13.2 Å². The molecule has 118 valence electrons. The molecule has 0 radical (unpaired) electrons. The number of aromatic amines is 1. The van der Waals surface area contributed by atoms with Gasteiger partial charge in [0.1, 0.15) is 0 Å². The van der Waals surface area contributed by atoms with Crippen LogP contribution >= 0.6 is 12.2 Å². The molecule has 0 fully saturated rings. The summed E-state index contributed by atoms with van der Waals surface area (Å²) in [6.45, 7) is 5.88. The number of rotatable bonds is 2. The number of nitrogens with one attached hydrogen (secondary N) is 1. The van der Waals surface area contributed by atoms with Gasteiger partial charge in [-0.25, -0.2) is 0 Å². The maximum atomic E-state index is 12.5. The second-order valence-corrected chi connectivity index (χ2v) is 6.17. The first-order valence-electron chi connectivity index (χ1n) is 6.48. The predicted molar refractivity (Wildman–Crippen MR) is 80.5 cm³/mol. The van der Waals surface area contributed by atoms with Gasteiger partial charge < -0.3 is 0 Å². The summed E-state index contributed by atoms with van der Waals surface area (Å²) in [5, 5.41) is 11.0. The highest BCUT2D eigenvalue weighted by atomic mass is 32.1. The van der Waals surface area contributed by atoms with Gasteiger partial charge in [0.15, 0.2) is 5.82 Å². The van der Waals surface area contributed by atoms with E-state index in [0.29, 0.717) is 16.2 Å². The molecule has 8 heteroatoms. The summed E-state index contributed by atoms with van der Waals surface area (Å²) < 4.78 is 39.3. The first-order chi connectivity index (χ1) is 10.1. The molecular weight excluding hydrogens is 313 g/mol. The zero-order valence-electron chi connectivity index (χ0n) is 12.3. The molecule has 0 bridgehead atoms. The molecule has 0 saturated carbocycles. The van der Waals surface area contributed by atoms with E-state index in [1.807, 2.05) is 20.8 Å². The number of hydrogen-bond donors (Lipinski definition) is 1. The van der Waals surface area contributed by atoms with Crippen molar-refractivity contribution < 1.29 is 13.2 Å². The van der Waals surface area contributed by atoms with E-state index in [2.05, 4.69) is 15.3 Å². The molecule has 1 aromatic heterocycles. The second kappa shape index (κ2) is 5.68. The van der Waals surface area contributed by atoms with Gasteiger partial charge in [0.2, 0.25) is 4.77 Å². The van der Waals surface area contributed by atoms with Gasteiger partial charge in [-0.3, -0.25) is 5.10 Å². The van der Waals surface area contributed by atoms with Crippen LogP contribution in [0.3, 0.4) is 0 Å². The van der Waals surface area contributed by atoms with Crippen LogP contribution in [0.4, 0.5) is 13.2 Å². The summed E-state index contributed by atoms with van der Waals surface area (Å²) >= 11 is 5.11. The topological polar surface area (TPSA) is 46.0 Å². The summed E-state index contributed by atoms with van der Waals surface area (Å²) in [7, 11) is 0. The number of H-pyrrole nitrogens is 1. The Kier molecular flexibility index (Phi) is 4.23. The van der Waals surface area contributed by atoms with Crippen molar-refractivity contribution in [2.24, 2.45) is 5.10 Å². The van der Waals surface area contributed by atoms with Crippen LogP contribution in [-0.4, -0.2) is 21.1 Å². The first kappa shape index (κ1) is 16.4. The molecule has 2 aromatic rings.